The number of ether oxygens (including phenoxy) is 10. The van der Waals surface area contributed by atoms with E-state index >= 15 is 0 Å². The molecule has 6 rings (SSSR count). The van der Waals surface area contributed by atoms with E-state index in [0.717, 1.165) is 71.8 Å². The fourth-order valence-corrected chi connectivity index (χ4v) is 11.6. The average Bonchev–Trinajstić information content (AvgIpc) is 2.54. The Hall–Kier alpha value is -5.22. The lowest BCUT2D eigenvalue weighted by molar-refractivity contribution is -0.141. The lowest BCUT2D eigenvalue weighted by Gasteiger charge is -2.38. The summed E-state index contributed by atoms with van der Waals surface area (Å²) in [5.41, 5.74) is 5.96. The van der Waals surface area contributed by atoms with Gasteiger partial charge in [-0.05, 0) is 136 Å². The Morgan fingerprint density at radius 2 is 1.17 bits per heavy atom. The maximum atomic E-state index is 14.5. The number of methoxy groups -OCH3 is 3. The number of nitrogens with one attached hydrogen (secondary N) is 1. The maximum Gasteiger partial charge on any atom is 0.247 e. The number of carbonyl (C=O) groups is 2. The molecule has 2 aliphatic heterocycles. The number of carbonyl (C=O) groups excluding carboxylic acids is 2. The summed E-state index contributed by atoms with van der Waals surface area (Å²) in [6, 6.07) is 24.4. The molecule has 14 heteroatoms. The first-order chi connectivity index (χ1) is 40.3. The van der Waals surface area contributed by atoms with Gasteiger partial charge in [0.1, 0.15) is 46.8 Å². The van der Waals surface area contributed by atoms with Gasteiger partial charge in [0.2, 0.25) is 11.8 Å². The first kappa shape index (κ1) is 66.9. The van der Waals surface area contributed by atoms with E-state index in [1.807, 2.05) is 83.8 Å². The van der Waals surface area contributed by atoms with Gasteiger partial charge in [-0.1, -0.05) is 126 Å². The molecule has 0 aliphatic carbocycles. The molecular formula is C69H102N2O12. The van der Waals surface area contributed by atoms with Crippen molar-refractivity contribution in [3.05, 3.63) is 118 Å². The van der Waals surface area contributed by atoms with Crippen LogP contribution in [-0.2, 0) is 50.0 Å². The van der Waals surface area contributed by atoms with Gasteiger partial charge in [0.15, 0.2) is 0 Å². The third-order valence-electron chi connectivity index (χ3n) is 16.7. The first-order valence-electron chi connectivity index (χ1n) is 31.1. The summed E-state index contributed by atoms with van der Waals surface area (Å²) in [6.45, 7) is 18.5. The van der Waals surface area contributed by atoms with Crippen LogP contribution in [0, 0.1) is 32.6 Å². The van der Waals surface area contributed by atoms with Gasteiger partial charge in [0.25, 0.3) is 0 Å². The molecular weight excluding hydrogens is 1050 g/mol. The van der Waals surface area contributed by atoms with Crippen LogP contribution in [0.25, 0.3) is 0 Å². The SMILES string of the molecule is COCC1CCN(C(=O)C(COC(c2ccccc2)(c2ccc(OC)cc2)c2ccc(OC)cc2)NC(=O)CCOCCOCCOCCOCCOc2c(C)c(C)c3c(c2C)CCC(C)(CCCCCCCCCCCC(C)C)O3)CC1. The van der Waals surface area contributed by atoms with Crippen molar-refractivity contribution in [1.82, 2.24) is 10.2 Å². The number of amides is 2. The second kappa shape index (κ2) is 35.9. The standard InChI is InChI=1S/C69H102N2O12/c1-52(2)22-18-15-13-11-10-12-14-16-21-37-68(6)38-33-62-55(5)65(53(3)54(4)66(62)83-68)81-49-48-80-47-46-79-45-44-78-43-42-77-41-36-64(72)70-63(67(73)71-39-34-56(35-40-71)50-74-7)51-82-69(57-23-19-17-20-24-57,58-25-29-60(75-8)30-26-58)59-27-31-61(76-9)32-28-59/h17,19-20,23-32,52,56,63H,10-16,18,21-22,33-51H2,1-9H3,(H,70,72). The predicted molar refractivity (Wildman–Crippen MR) is 328 cm³/mol. The molecule has 1 saturated heterocycles. The van der Waals surface area contributed by atoms with Gasteiger partial charge >= 0.3 is 0 Å². The molecule has 4 aromatic rings. The van der Waals surface area contributed by atoms with Crippen molar-refractivity contribution in [3.8, 4) is 23.0 Å². The molecule has 0 aromatic heterocycles. The van der Waals surface area contributed by atoms with E-state index in [9.17, 15) is 9.59 Å². The fourth-order valence-electron chi connectivity index (χ4n) is 11.6. The molecule has 1 N–H and O–H groups in total. The number of benzene rings is 4. The summed E-state index contributed by atoms with van der Waals surface area (Å²) in [5.74, 6) is 4.08. The van der Waals surface area contributed by atoms with E-state index < -0.39 is 11.6 Å². The van der Waals surface area contributed by atoms with E-state index in [1.54, 1.807) is 21.3 Å². The topological polar surface area (TPSA) is 142 Å². The van der Waals surface area contributed by atoms with E-state index in [2.05, 4.69) is 46.9 Å². The van der Waals surface area contributed by atoms with Gasteiger partial charge in [0.05, 0.1) is 73.7 Å². The Bertz CT molecular complexity index is 2430. The largest absolute Gasteiger partial charge is 0.497 e. The summed E-state index contributed by atoms with van der Waals surface area (Å²) in [5, 5.41) is 3.03. The molecule has 2 atom stereocenters. The molecule has 1 fully saturated rings. The molecule has 83 heavy (non-hydrogen) atoms. The van der Waals surface area contributed by atoms with Crippen LogP contribution in [0.4, 0.5) is 0 Å². The van der Waals surface area contributed by atoms with Crippen molar-refractivity contribution >= 4 is 11.8 Å². The van der Waals surface area contributed by atoms with Crippen molar-refractivity contribution in [3.63, 3.8) is 0 Å². The van der Waals surface area contributed by atoms with E-state index in [0.29, 0.717) is 90.0 Å². The van der Waals surface area contributed by atoms with Crippen LogP contribution in [0.15, 0.2) is 78.9 Å². The first-order valence-corrected chi connectivity index (χ1v) is 31.1. The van der Waals surface area contributed by atoms with E-state index in [4.69, 9.17) is 47.4 Å². The normalized spacial score (nSPS) is 15.9. The third kappa shape index (κ3) is 20.8. The zero-order chi connectivity index (χ0) is 59.3. The van der Waals surface area contributed by atoms with Crippen LogP contribution >= 0.6 is 0 Å². The number of rotatable bonds is 40. The Morgan fingerprint density at radius 1 is 0.651 bits per heavy atom. The zero-order valence-electron chi connectivity index (χ0n) is 52.1. The Labute approximate surface area is 498 Å². The van der Waals surface area contributed by atoms with Crippen LogP contribution in [0.2, 0.25) is 0 Å². The van der Waals surface area contributed by atoms with Crippen molar-refractivity contribution in [2.45, 2.75) is 162 Å². The summed E-state index contributed by atoms with van der Waals surface area (Å²) >= 11 is 0. The lowest BCUT2D eigenvalue weighted by Crippen LogP contribution is -2.54. The van der Waals surface area contributed by atoms with Gasteiger partial charge in [-0.15, -0.1) is 0 Å². The Balaban J connectivity index is 0.878. The molecule has 14 nitrogen and oxygen atoms in total. The van der Waals surface area contributed by atoms with Crippen LogP contribution in [0.5, 0.6) is 23.0 Å². The number of likely N-dealkylation sites (tertiary alicyclic amines) is 1. The molecule has 0 radical (unpaired) electrons. The molecule has 2 amide bonds. The van der Waals surface area contributed by atoms with Gasteiger partial charge in [-0.3, -0.25) is 9.59 Å². The minimum atomic E-state index is -1.18. The monoisotopic (exact) mass is 1150 g/mol. The van der Waals surface area contributed by atoms with Crippen molar-refractivity contribution < 1.29 is 57.0 Å². The van der Waals surface area contributed by atoms with Gasteiger partial charge in [-0.2, -0.15) is 0 Å². The molecule has 4 aromatic carbocycles. The smallest absolute Gasteiger partial charge is 0.247 e. The van der Waals surface area contributed by atoms with E-state index in [1.165, 1.54) is 80.9 Å². The van der Waals surface area contributed by atoms with E-state index in [-0.39, 0.29) is 37.0 Å². The summed E-state index contributed by atoms with van der Waals surface area (Å²) in [6.07, 6.45) is 18.3. The number of unbranched alkanes of at least 4 members (excludes halogenated alkanes) is 8. The van der Waals surface area contributed by atoms with Crippen molar-refractivity contribution in [1.29, 1.82) is 0 Å². The van der Waals surface area contributed by atoms with Gasteiger partial charge in [0, 0.05) is 38.8 Å². The summed E-state index contributed by atoms with van der Waals surface area (Å²) < 4.78 is 60.0. The predicted octanol–water partition coefficient (Wildman–Crippen LogP) is 12.9. The van der Waals surface area contributed by atoms with Crippen LogP contribution in [-0.4, -0.2) is 135 Å². The number of hydrogen-bond donors (Lipinski definition) is 1. The highest BCUT2D eigenvalue weighted by atomic mass is 16.6. The molecule has 2 heterocycles. The molecule has 0 bridgehead atoms. The zero-order valence-corrected chi connectivity index (χ0v) is 52.1. The lowest BCUT2D eigenvalue weighted by atomic mass is 9.80. The molecule has 2 unspecified atom stereocenters. The highest BCUT2D eigenvalue weighted by Crippen LogP contribution is 2.46. The molecule has 2 aliphatic rings. The van der Waals surface area contributed by atoms with Crippen molar-refractivity contribution in [2.24, 2.45) is 11.8 Å². The van der Waals surface area contributed by atoms with Gasteiger partial charge < -0.3 is 57.6 Å². The molecule has 0 saturated carbocycles. The van der Waals surface area contributed by atoms with Crippen LogP contribution < -0.4 is 24.3 Å². The summed E-state index contributed by atoms with van der Waals surface area (Å²) in [7, 11) is 4.96. The fraction of sp³-hybridized carbons (Fsp3) is 0.623. The molecule has 0 spiro atoms. The van der Waals surface area contributed by atoms with Crippen LogP contribution in [0.3, 0.4) is 0 Å². The highest BCUT2D eigenvalue weighted by molar-refractivity contribution is 5.88. The number of nitrogens with zero attached hydrogens (tertiary/aromatic N) is 1. The second-order valence-electron chi connectivity index (χ2n) is 23.4. The quantitative estimate of drug-likeness (QED) is 0.0335. The maximum absolute atomic E-state index is 14.5. The third-order valence-corrected chi connectivity index (χ3v) is 16.7. The Kier molecular flexibility index (Phi) is 29.0. The number of piperidine rings is 1. The Morgan fingerprint density at radius 3 is 1.71 bits per heavy atom. The summed E-state index contributed by atoms with van der Waals surface area (Å²) in [4.78, 5) is 30.0. The molecule has 460 valence electrons. The van der Waals surface area contributed by atoms with Crippen LogP contribution in [0.1, 0.15) is 156 Å². The number of fused-ring (bicyclic) bond motifs is 1. The van der Waals surface area contributed by atoms with Gasteiger partial charge in [-0.25, -0.2) is 0 Å². The number of hydrogen-bond acceptors (Lipinski definition) is 12. The average molecular weight is 1150 g/mol. The second-order valence-corrected chi connectivity index (χ2v) is 23.4. The minimum Gasteiger partial charge on any atom is -0.497 e. The minimum absolute atomic E-state index is 0.0502. The highest BCUT2D eigenvalue weighted by Gasteiger charge is 2.41. The van der Waals surface area contributed by atoms with Crippen molar-refractivity contribution in [2.75, 3.05) is 107 Å².